The van der Waals surface area contributed by atoms with Crippen LogP contribution in [0, 0.1) is 23.7 Å². The van der Waals surface area contributed by atoms with Gasteiger partial charge in [-0.05, 0) is 60.7 Å². The molecule has 2 saturated heterocycles. The lowest BCUT2D eigenvalue weighted by Gasteiger charge is -2.51. The Labute approximate surface area is 282 Å². The summed E-state index contributed by atoms with van der Waals surface area (Å²) in [6.45, 7) is 0. The molecule has 2 aliphatic heterocycles. The molecule has 3 fully saturated rings. The zero-order chi connectivity index (χ0) is 33.3. The number of benzene rings is 4. The topological polar surface area (TPSA) is 104 Å². The van der Waals surface area contributed by atoms with E-state index in [-0.39, 0.29) is 24.0 Å². The number of halogens is 1. The predicted molar refractivity (Wildman–Crippen MR) is 180 cm³/mol. The molecule has 1 N–H and O–H groups in total. The van der Waals surface area contributed by atoms with Crippen LogP contribution < -0.4 is 14.5 Å². The number of hydrogen-bond acceptors (Lipinski definition) is 6. The first-order valence-electron chi connectivity index (χ1n) is 16.0. The van der Waals surface area contributed by atoms with Gasteiger partial charge in [0.2, 0.25) is 23.6 Å². The molecule has 1 saturated carbocycles. The number of hydrogen-bond donors (Lipinski definition) is 1. The van der Waals surface area contributed by atoms with E-state index in [2.05, 4.69) is 0 Å². The first-order valence-corrected chi connectivity index (χ1v) is 16.3. The standard InChI is InChI=1S/C39H31ClN2O6/c1-48-32-20-26(43)15-16-28(32)34-27-17-18-29-33(37(46)41(35(29)44)24-12-6-3-7-13-24)30(27)21-31-36(45)42(25-14-8-11-23(40)19-25)38(47)39(31,34)22-9-4-2-5-10-22/h2-17,19-20,29-31,33-34,43H,18,21H2,1H3. The summed E-state index contributed by atoms with van der Waals surface area (Å²) >= 11 is 6.38. The van der Waals surface area contributed by atoms with Crippen molar-refractivity contribution in [2.24, 2.45) is 23.7 Å². The lowest BCUT2D eigenvalue weighted by atomic mass is 9.49. The Kier molecular flexibility index (Phi) is 7.03. The number of aromatic hydroxyl groups is 1. The van der Waals surface area contributed by atoms with Crippen molar-refractivity contribution >= 4 is 46.6 Å². The highest BCUT2D eigenvalue weighted by Gasteiger charge is 2.70. The number of phenolic OH excluding ortho intramolecular Hbond substituents is 1. The molecule has 8 nitrogen and oxygen atoms in total. The summed E-state index contributed by atoms with van der Waals surface area (Å²) in [6, 6.07) is 29.6. The van der Waals surface area contributed by atoms with E-state index in [9.17, 15) is 19.5 Å². The van der Waals surface area contributed by atoms with Crippen LogP contribution >= 0.6 is 11.6 Å². The van der Waals surface area contributed by atoms with Crippen LogP contribution in [0.4, 0.5) is 11.4 Å². The molecule has 0 aromatic heterocycles. The van der Waals surface area contributed by atoms with Gasteiger partial charge in [-0.1, -0.05) is 83.9 Å². The van der Waals surface area contributed by atoms with Gasteiger partial charge in [0, 0.05) is 22.6 Å². The summed E-state index contributed by atoms with van der Waals surface area (Å²) < 4.78 is 5.83. The van der Waals surface area contributed by atoms with Crippen LogP contribution in [0.25, 0.3) is 0 Å². The van der Waals surface area contributed by atoms with E-state index in [1.807, 2.05) is 42.5 Å². The fourth-order valence-electron chi connectivity index (χ4n) is 8.86. The Bertz CT molecular complexity index is 2030. The molecule has 6 atom stereocenters. The number of methoxy groups -OCH3 is 1. The van der Waals surface area contributed by atoms with Crippen molar-refractivity contribution in [2.45, 2.75) is 24.2 Å². The van der Waals surface area contributed by atoms with Crippen molar-refractivity contribution in [1.82, 2.24) is 0 Å². The molecule has 0 radical (unpaired) electrons. The smallest absolute Gasteiger partial charge is 0.246 e. The normalized spacial score (nSPS) is 27.8. The number of nitrogens with zero attached hydrogens (tertiary/aromatic N) is 2. The number of imide groups is 2. The molecular formula is C39H31ClN2O6. The molecule has 0 spiro atoms. The zero-order valence-corrected chi connectivity index (χ0v) is 26.7. The van der Waals surface area contributed by atoms with Gasteiger partial charge < -0.3 is 9.84 Å². The van der Waals surface area contributed by atoms with Crippen molar-refractivity contribution in [1.29, 1.82) is 0 Å². The number of para-hydroxylation sites is 1. The first kappa shape index (κ1) is 30.1. The average molecular weight is 659 g/mol. The van der Waals surface area contributed by atoms with E-state index in [1.54, 1.807) is 60.7 Å². The maximum atomic E-state index is 15.3. The minimum absolute atomic E-state index is 0.0181. The number of allylic oxidation sites excluding steroid dienone is 2. The lowest BCUT2D eigenvalue weighted by Crippen LogP contribution is -2.53. The first-order chi connectivity index (χ1) is 23.3. The minimum Gasteiger partial charge on any atom is -0.508 e. The third-order valence-electron chi connectivity index (χ3n) is 10.7. The Balaban J connectivity index is 1.38. The number of amides is 4. The minimum atomic E-state index is -1.44. The molecule has 4 aromatic carbocycles. The van der Waals surface area contributed by atoms with Crippen LogP contribution in [0.5, 0.6) is 11.5 Å². The Hall–Kier alpha value is -5.21. The molecule has 48 heavy (non-hydrogen) atoms. The maximum Gasteiger partial charge on any atom is 0.246 e. The maximum absolute atomic E-state index is 15.3. The number of rotatable bonds is 5. The number of phenols is 1. The molecule has 0 bridgehead atoms. The summed E-state index contributed by atoms with van der Waals surface area (Å²) in [7, 11) is 1.49. The largest absolute Gasteiger partial charge is 0.508 e. The number of carbonyl (C=O) groups is 4. The lowest BCUT2D eigenvalue weighted by molar-refractivity contribution is -0.127. The monoisotopic (exact) mass is 658 g/mol. The number of fused-ring (bicyclic) bond motifs is 4. The fourth-order valence-corrected chi connectivity index (χ4v) is 9.04. The summed E-state index contributed by atoms with van der Waals surface area (Å²) in [5, 5.41) is 10.9. The van der Waals surface area contributed by atoms with Crippen LogP contribution in [0.2, 0.25) is 5.02 Å². The van der Waals surface area contributed by atoms with E-state index in [0.717, 1.165) is 5.57 Å². The van der Waals surface area contributed by atoms with E-state index < -0.39 is 46.8 Å². The fraction of sp³-hybridized carbons (Fsp3) is 0.231. The molecule has 4 aromatic rings. The summed E-state index contributed by atoms with van der Waals surface area (Å²) in [5.41, 5.74) is 1.49. The van der Waals surface area contributed by atoms with Gasteiger partial charge in [-0.15, -0.1) is 0 Å². The Morgan fingerprint density at radius 3 is 2.19 bits per heavy atom. The van der Waals surface area contributed by atoms with Crippen LogP contribution in [0.1, 0.15) is 29.9 Å². The summed E-state index contributed by atoms with van der Waals surface area (Å²) in [6.07, 6.45) is 2.49. The van der Waals surface area contributed by atoms with Crippen LogP contribution in [0.3, 0.4) is 0 Å². The molecule has 9 heteroatoms. The molecular weight excluding hydrogens is 628 g/mol. The van der Waals surface area contributed by atoms with Gasteiger partial charge in [0.25, 0.3) is 0 Å². The molecule has 6 unspecified atom stereocenters. The van der Waals surface area contributed by atoms with Gasteiger partial charge >= 0.3 is 0 Å². The predicted octanol–water partition coefficient (Wildman–Crippen LogP) is 6.42. The molecule has 2 heterocycles. The van der Waals surface area contributed by atoms with Crippen LogP contribution in [-0.4, -0.2) is 35.8 Å². The number of ether oxygens (including phenoxy) is 1. The highest BCUT2D eigenvalue weighted by Crippen LogP contribution is 2.65. The second kappa shape index (κ2) is 11.2. The third-order valence-corrected chi connectivity index (χ3v) is 10.9. The molecule has 240 valence electrons. The zero-order valence-electron chi connectivity index (χ0n) is 26.0. The van der Waals surface area contributed by atoms with Gasteiger partial charge in [-0.25, -0.2) is 4.90 Å². The van der Waals surface area contributed by atoms with E-state index >= 15 is 4.79 Å². The molecule has 4 amide bonds. The van der Waals surface area contributed by atoms with E-state index in [4.69, 9.17) is 16.3 Å². The van der Waals surface area contributed by atoms with Crippen molar-refractivity contribution in [3.63, 3.8) is 0 Å². The summed E-state index contributed by atoms with van der Waals surface area (Å²) in [5.74, 6) is -4.56. The summed E-state index contributed by atoms with van der Waals surface area (Å²) in [4.78, 5) is 60.9. The van der Waals surface area contributed by atoms with Crippen molar-refractivity contribution < 1.29 is 29.0 Å². The van der Waals surface area contributed by atoms with E-state index in [1.165, 1.54) is 23.0 Å². The second-order valence-corrected chi connectivity index (χ2v) is 13.3. The molecule has 2 aliphatic carbocycles. The Morgan fingerprint density at radius 1 is 0.771 bits per heavy atom. The van der Waals surface area contributed by atoms with Crippen LogP contribution in [-0.2, 0) is 24.6 Å². The van der Waals surface area contributed by atoms with Crippen molar-refractivity contribution in [3.8, 4) is 11.5 Å². The Morgan fingerprint density at radius 2 is 1.48 bits per heavy atom. The van der Waals surface area contributed by atoms with Crippen molar-refractivity contribution in [3.05, 3.63) is 131 Å². The highest BCUT2D eigenvalue weighted by molar-refractivity contribution is 6.32. The highest BCUT2D eigenvalue weighted by atomic mass is 35.5. The quantitative estimate of drug-likeness (QED) is 0.196. The van der Waals surface area contributed by atoms with Crippen LogP contribution in [0.15, 0.2) is 115 Å². The SMILES string of the molecule is COc1cc(O)ccc1C1C2=CCC3C(=O)N(c4ccccc4)C(=O)C3C2CC2C(=O)N(c3cccc(Cl)c3)C(=O)C21c1ccccc1. The van der Waals surface area contributed by atoms with Crippen molar-refractivity contribution in [2.75, 3.05) is 16.9 Å². The molecule has 8 rings (SSSR count). The van der Waals surface area contributed by atoms with Gasteiger partial charge in [0.15, 0.2) is 0 Å². The number of anilines is 2. The second-order valence-electron chi connectivity index (χ2n) is 12.9. The van der Waals surface area contributed by atoms with Gasteiger partial charge in [0.1, 0.15) is 11.5 Å². The van der Waals surface area contributed by atoms with Gasteiger partial charge in [0.05, 0.1) is 41.7 Å². The van der Waals surface area contributed by atoms with E-state index in [0.29, 0.717) is 39.7 Å². The average Bonchev–Trinajstić information content (AvgIpc) is 3.49. The number of carbonyl (C=O) groups excluding carboxylic acids is 4. The van der Waals surface area contributed by atoms with Gasteiger partial charge in [-0.3, -0.25) is 24.1 Å². The third kappa shape index (κ3) is 4.15. The molecule has 4 aliphatic rings. The van der Waals surface area contributed by atoms with Gasteiger partial charge in [-0.2, -0.15) is 0 Å².